The molecule has 0 aliphatic heterocycles. The summed E-state index contributed by atoms with van der Waals surface area (Å²) < 4.78 is 5.39. The van der Waals surface area contributed by atoms with Crippen molar-refractivity contribution < 1.29 is 9.53 Å². The molecule has 0 fully saturated rings. The third-order valence-electron chi connectivity index (χ3n) is 1.32. The summed E-state index contributed by atoms with van der Waals surface area (Å²) in [5, 5.41) is 0.270. The molecule has 0 radical (unpaired) electrons. The van der Waals surface area contributed by atoms with E-state index in [1.807, 2.05) is 0 Å². The number of esters is 1. The third-order valence-corrected chi connectivity index (χ3v) is 2.16. The minimum atomic E-state index is -0.404. The maximum atomic E-state index is 11.3. The summed E-state index contributed by atoms with van der Waals surface area (Å²) in [6.07, 6.45) is 1.47. The van der Waals surface area contributed by atoms with Crippen LogP contribution in [0.4, 0.5) is 0 Å². The summed E-state index contributed by atoms with van der Waals surface area (Å²) >= 11 is 8.80. The molecule has 13 heavy (non-hydrogen) atoms. The number of hydrogen-bond acceptors (Lipinski definition) is 3. The highest BCUT2D eigenvalue weighted by molar-refractivity contribution is 9.10. The Balaban J connectivity index is 2.99. The highest BCUT2D eigenvalue weighted by Gasteiger charge is 2.11. The molecule has 3 nitrogen and oxygen atoms in total. The Morgan fingerprint density at radius 2 is 2.46 bits per heavy atom. The lowest BCUT2D eigenvalue weighted by atomic mass is 10.3. The number of carbonyl (C=O) groups is 1. The van der Waals surface area contributed by atoms with Crippen molar-refractivity contribution in [1.82, 2.24) is 4.98 Å². The predicted octanol–water partition coefficient (Wildman–Crippen LogP) is 2.67. The van der Waals surface area contributed by atoms with Gasteiger partial charge in [-0.2, -0.15) is 0 Å². The molecular formula is C8H7BrClNO2. The molecule has 1 heterocycles. The van der Waals surface area contributed by atoms with E-state index in [9.17, 15) is 4.79 Å². The van der Waals surface area contributed by atoms with E-state index in [2.05, 4.69) is 20.9 Å². The fourth-order valence-corrected chi connectivity index (χ4v) is 1.32. The number of pyridine rings is 1. The summed E-state index contributed by atoms with van der Waals surface area (Å²) in [5.41, 5.74) is 0.391. The molecule has 0 spiro atoms. The lowest BCUT2D eigenvalue weighted by Gasteiger charge is -2.03. The molecule has 0 saturated heterocycles. The number of ether oxygens (including phenoxy) is 1. The van der Waals surface area contributed by atoms with Gasteiger partial charge in [0.1, 0.15) is 5.15 Å². The van der Waals surface area contributed by atoms with E-state index in [1.54, 1.807) is 6.92 Å². The van der Waals surface area contributed by atoms with Crippen molar-refractivity contribution in [2.45, 2.75) is 6.92 Å². The summed E-state index contributed by atoms with van der Waals surface area (Å²) in [4.78, 5) is 15.1. The number of halogens is 2. The first kappa shape index (κ1) is 10.5. The molecule has 0 atom stereocenters. The van der Waals surface area contributed by atoms with Crippen LogP contribution < -0.4 is 0 Å². The maximum absolute atomic E-state index is 11.3. The van der Waals surface area contributed by atoms with Crippen molar-refractivity contribution in [3.63, 3.8) is 0 Å². The van der Waals surface area contributed by atoms with Crippen LogP contribution in [0.3, 0.4) is 0 Å². The van der Waals surface area contributed by atoms with Crippen LogP contribution >= 0.6 is 27.5 Å². The molecule has 0 amide bonds. The lowest BCUT2D eigenvalue weighted by Crippen LogP contribution is -2.05. The van der Waals surface area contributed by atoms with E-state index < -0.39 is 5.97 Å². The first-order chi connectivity index (χ1) is 6.15. The molecule has 0 aromatic carbocycles. The lowest BCUT2D eigenvalue weighted by molar-refractivity contribution is 0.0525. The Labute approximate surface area is 89.2 Å². The molecule has 0 aliphatic rings. The quantitative estimate of drug-likeness (QED) is 0.609. The zero-order chi connectivity index (χ0) is 9.84. The summed E-state index contributed by atoms with van der Waals surface area (Å²) in [5.74, 6) is -0.404. The van der Waals surface area contributed by atoms with Crippen LogP contribution in [0.15, 0.2) is 16.7 Å². The van der Waals surface area contributed by atoms with Crippen molar-refractivity contribution in [3.05, 3.63) is 27.5 Å². The van der Waals surface area contributed by atoms with Gasteiger partial charge in [-0.05, 0) is 28.9 Å². The largest absolute Gasteiger partial charge is 0.462 e. The Kier molecular flexibility index (Phi) is 3.69. The minimum Gasteiger partial charge on any atom is -0.462 e. The highest BCUT2D eigenvalue weighted by atomic mass is 79.9. The molecule has 1 aromatic rings. The van der Waals surface area contributed by atoms with Gasteiger partial charge in [0.2, 0.25) is 0 Å². The van der Waals surface area contributed by atoms with Gasteiger partial charge in [0.25, 0.3) is 0 Å². The van der Waals surface area contributed by atoms with Gasteiger partial charge in [-0.3, -0.25) is 0 Å². The minimum absolute atomic E-state index is 0.270. The van der Waals surface area contributed by atoms with Gasteiger partial charge in [0.15, 0.2) is 0 Å². The summed E-state index contributed by atoms with van der Waals surface area (Å²) in [6, 6.07) is 1.46. The first-order valence-electron chi connectivity index (χ1n) is 3.63. The number of hydrogen-bond donors (Lipinski definition) is 0. The van der Waals surface area contributed by atoms with Crippen LogP contribution in [-0.4, -0.2) is 17.6 Å². The van der Waals surface area contributed by atoms with Crippen LogP contribution in [-0.2, 0) is 4.74 Å². The first-order valence-corrected chi connectivity index (χ1v) is 4.80. The predicted molar refractivity (Wildman–Crippen MR) is 52.9 cm³/mol. The van der Waals surface area contributed by atoms with Crippen LogP contribution in [0.5, 0.6) is 0 Å². The van der Waals surface area contributed by atoms with Crippen molar-refractivity contribution in [1.29, 1.82) is 0 Å². The second-order valence-electron chi connectivity index (χ2n) is 2.21. The van der Waals surface area contributed by atoms with Crippen LogP contribution in [0.1, 0.15) is 17.3 Å². The Hall–Kier alpha value is -0.610. The van der Waals surface area contributed by atoms with Gasteiger partial charge in [-0.15, -0.1) is 0 Å². The fraction of sp³-hybridized carbons (Fsp3) is 0.250. The van der Waals surface area contributed by atoms with E-state index in [1.165, 1.54) is 12.3 Å². The SMILES string of the molecule is CCOC(=O)c1cc(Cl)ncc1Br. The zero-order valence-electron chi connectivity index (χ0n) is 6.88. The molecular weight excluding hydrogens is 257 g/mol. The Morgan fingerprint density at radius 3 is 3.08 bits per heavy atom. The van der Waals surface area contributed by atoms with Gasteiger partial charge in [-0.1, -0.05) is 11.6 Å². The average Bonchev–Trinajstić information content (AvgIpc) is 2.09. The van der Waals surface area contributed by atoms with E-state index >= 15 is 0 Å². The fourth-order valence-electron chi connectivity index (χ4n) is 0.778. The molecule has 70 valence electrons. The molecule has 0 bridgehead atoms. The van der Waals surface area contributed by atoms with Crippen molar-refractivity contribution in [2.75, 3.05) is 6.61 Å². The number of rotatable bonds is 2. The van der Waals surface area contributed by atoms with Crippen molar-refractivity contribution in [2.24, 2.45) is 0 Å². The second-order valence-corrected chi connectivity index (χ2v) is 3.45. The Bertz CT molecular complexity index is 330. The van der Waals surface area contributed by atoms with E-state index in [0.29, 0.717) is 16.6 Å². The maximum Gasteiger partial charge on any atom is 0.339 e. The van der Waals surface area contributed by atoms with Gasteiger partial charge in [-0.25, -0.2) is 9.78 Å². The number of aromatic nitrogens is 1. The standard InChI is InChI=1S/C8H7BrClNO2/c1-2-13-8(12)5-3-7(10)11-4-6(5)9/h3-4H,2H2,1H3. The van der Waals surface area contributed by atoms with Gasteiger partial charge in [0.05, 0.1) is 16.6 Å². The molecule has 0 aliphatic carbocycles. The molecule has 1 aromatic heterocycles. The smallest absolute Gasteiger partial charge is 0.339 e. The summed E-state index contributed by atoms with van der Waals surface area (Å²) in [6.45, 7) is 2.08. The van der Waals surface area contributed by atoms with Gasteiger partial charge >= 0.3 is 5.97 Å². The molecule has 1 rings (SSSR count). The van der Waals surface area contributed by atoms with E-state index in [0.717, 1.165) is 0 Å². The second kappa shape index (κ2) is 4.58. The summed E-state index contributed by atoms with van der Waals surface area (Å²) in [7, 11) is 0. The molecule has 0 unspecified atom stereocenters. The topological polar surface area (TPSA) is 39.2 Å². The number of nitrogens with zero attached hydrogens (tertiary/aromatic N) is 1. The monoisotopic (exact) mass is 263 g/mol. The van der Waals surface area contributed by atoms with E-state index in [4.69, 9.17) is 16.3 Å². The van der Waals surface area contributed by atoms with E-state index in [-0.39, 0.29) is 5.15 Å². The van der Waals surface area contributed by atoms with Crippen molar-refractivity contribution in [3.8, 4) is 0 Å². The molecule has 5 heteroatoms. The van der Waals surface area contributed by atoms with Crippen molar-refractivity contribution >= 4 is 33.5 Å². The van der Waals surface area contributed by atoms with Crippen LogP contribution in [0, 0.1) is 0 Å². The van der Waals surface area contributed by atoms with Gasteiger partial charge in [0, 0.05) is 6.20 Å². The molecule has 0 N–H and O–H groups in total. The van der Waals surface area contributed by atoms with Crippen LogP contribution in [0.25, 0.3) is 0 Å². The Morgan fingerprint density at radius 1 is 1.77 bits per heavy atom. The third kappa shape index (κ3) is 2.67. The average molecular weight is 265 g/mol. The van der Waals surface area contributed by atoms with Gasteiger partial charge < -0.3 is 4.74 Å². The number of carbonyl (C=O) groups excluding carboxylic acids is 1. The molecule has 0 saturated carbocycles. The zero-order valence-corrected chi connectivity index (χ0v) is 9.22. The normalized spacial score (nSPS) is 9.77. The highest BCUT2D eigenvalue weighted by Crippen LogP contribution is 2.19. The van der Waals surface area contributed by atoms with Crippen LogP contribution in [0.2, 0.25) is 5.15 Å².